The number of carbonyl (C=O) groups excluding carboxylic acids is 1. The number of methoxy groups -OCH3 is 3. The van der Waals surface area contributed by atoms with E-state index in [0.717, 1.165) is 22.4 Å². The molecule has 0 bridgehead atoms. The number of hydrogen-bond acceptors (Lipinski definition) is 5. The van der Waals surface area contributed by atoms with E-state index in [4.69, 9.17) is 25.8 Å². The van der Waals surface area contributed by atoms with Gasteiger partial charge in [0.15, 0.2) is 11.5 Å². The van der Waals surface area contributed by atoms with Crippen molar-refractivity contribution < 1.29 is 19.0 Å². The maximum absolute atomic E-state index is 13.2. The van der Waals surface area contributed by atoms with Crippen LogP contribution in [0.1, 0.15) is 27.7 Å². The third-order valence-electron chi connectivity index (χ3n) is 5.24. The van der Waals surface area contributed by atoms with E-state index in [2.05, 4.69) is 10.2 Å². The second-order valence-corrected chi connectivity index (χ2v) is 7.31. The molecule has 1 unspecified atom stereocenters. The number of fused-ring (bicyclic) bond motifs is 1. The number of nitrogens with zero attached hydrogens (tertiary/aromatic N) is 2. The Hall–Kier alpha value is -3.03. The third kappa shape index (κ3) is 3.40. The number of aromatic nitrogens is 2. The zero-order chi connectivity index (χ0) is 21.3. The molecule has 1 amide bonds. The molecule has 0 saturated heterocycles. The van der Waals surface area contributed by atoms with E-state index < -0.39 is 0 Å². The standard InChI is InChI=1S/C22H22ClN3O4/c1-28-11-10-26-21(14-6-9-16(29-2)17(12-14)30-3)18-19(24-25-20(18)22(26)27)13-4-7-15(23)8-5-13/h4-9,12,21H,10-11H2,1-3H3,(H,24,25). The Kier molecular flexibility index (Phi) is 5.65. The molecule has 2 aromatic carbocycles. The van der Waals surface area contributed by atoms with E-state index in [1.807, 2.05) is 42.5 Å². The summed E-state index contributed by atoms with van der Waals surface area (Å²) in [5, 5.41) is 8.03. The molecule has 0 saturated carbocycles. The molecular formula is C22H22ClN3O4. The van der Waals surface area contributed by atoms with Crippen molar-refractivity contribution in [3.05, 3.63) is 64.3 Å². The van der Waals surface area contributed by atoms with Gasteiger partial charge in [-0.05, 0) is 29.8 Å². The molecule has 0 radical (unpaired) electrons. The fourth-order valence-electron chi connectivity index (χ4n) is 3.81. The summed E-state index contributed by atoms with van der Waals surface area (Å²) in [4.78, 5) is 15.0. The van der Waals surface area contributed by atoms with Crippen LogP contribution in [0.4, 0.5) is 0 Å². The minimum Gasteiger partial charge on any atom is -0.493 e. The Labute approximate surface area is 179 Å². The summed E-state index contributed by atoms with van der Waals surface area (Å²) in [6.45, 7) is 0.862. The molecule has 0 spiro atoms. The summed E-state index contributed by atoms with van der Waals surface area (Å²) >= 11 is 6.05. The summed E-state index contributed by atoms with van der Waals surface area (Å²) in [5.74, 6) is 1.10. The number of nitrogens with one attached hydrogen (secondary N) is 1. The number of amides is 1. The zero-order valence-corrected chi connectivity index (χ0v) is 17.7. The van der Waals surface area contributed by atoms with E-state index in [-0.39, 0.29) is 11.9 Å². The molecule has 4 rings (SSSR count). The minimum atomic E-state index is -0.341. The molecule has 7 nitrogen and oxygen atoms in total. The van der Waals surface area contributed by atoms with Crippen LogP contribution in [0.3, 0.4) is 0 Å². The minimum absolute atomic E-state index is 0.116. The molecule has 1 atom stereocenters. The molecule has 156 valence electrons. The van der Waals surface area contributed by atoms with Gasteiger partial charge in [0.05, 0.1) is 32.6 Å². The number of rotatable bonds is 7. The maximum Gasteiger partial charge on any atom is 0.273 e. The van der Waals surface area contributed by atoms with E-state index in [0.29, 0.717) is 35.4 Å². The van der Waals surface area contributed by atoms with E-state index in [1.165, 1.54) is 0 Å². The summed E-state index contributed by atoms with van der Waals surface area (Å²) < 4.78 is 16.1. The number of aromatic amines is 1. The van der Waals surface area contributed by atoms with Gasteiger partial charge in [-0.25, -0.2) is 0 Å². The van der Waals surface area contributed by atoms with Crippen molar-refractivity contribution in [1.29, 1.82) is 0 Å². The fourth-order valence-corrected chi connectivity index (χ4v) is 3.94. The Balaban J connectivity index is 1.86. The predicted octanol–water partition coefficient (Wildman–Crippen LogP) is 3.94. The molecule has 0 aliphatic carbocycles. The van der Waals surface area contributed by atoms with Gasteiger partial charge in [0.2, 0.25) is 0 Å². The second-order valence-electron chi connectivity index (χ2n) is 6.88. The van der Waals surface area contributed by atoms with Crippen molar-refractivity contribution in [3.8, 4) is 22.8 Å². The van der Waals surface area contributed by atoms with Crippen LogP contribution in [0, 0.1) is 0 Å². The van der Waals surface area contributed by atoms with Gasteiger partial charge in [-0.15, -0.1) is 0 Å². The molecule has 1 aliphatic rings. The number of carbonyl (C=O) groups is 1. The SMILES string of the molecule is COCCN1C(=O)c2[nH]nc(-c3ccc(Cl)cc3)c2C1c1ccc(OC)c(OC)c1. The van der Waals surface area contributed by atoms with Gasteiger partial charge in [-0.3, -0.25) is 9.89 Å². The van der Waals surface area contributed by atoms with Gasteiger partial charge in [0.25, 0.3) is 5.91 Å². The molecule has 3 aromatic rings. The number of halogens is 1. The second kappa shape index (κ2) is 8.38. The van der Waals surface area contributed by atoms with Gasteiger partial charge in [0.1, 0.15) is 5.69 Å². The van der Waals surface area contributed by atoms with Crippen molar-refractivity contribution in [2.45, 2.75) is 6.04 Å². The first-order chi connectivity index (χ1) is 14.6. The maximum atomic E-state index is 13.2. The average molecular weight is 428 g/mol. The van der Waals surface area contributed by atoms with Crippen LogP contribution in [0.15, 0.2) is 42.5 Å². The van der Waals surface area contributed by atoms with Crippen LogP contribution < -0.4 is 9.47 Å². The number of H-pyrrole nitrogens is 1. The molecule has 1 aromatic heterocycles. The van der Waals surface area contributed by atoms with Gasteiger partial charge in [0, 0.05) is 29.8 Å². The lowest BCUT2D eigenvalue weighted by atomic mass is 9.95. The third-order valence-corrected chi connectivity index (χ3v) is 5.49. The molecule has 0 fully saturated rings. The van der Waals surface area contributed by atoms with Gasteiger partial charge in [-0.1, -0.05) is 29.8 Å². The monoisotopic (exact) mass is 427 g/mol. The Morgan fingerprint density at radius 2 is 1.80 bits per heavy atom. The highest BCUT2D eigenvalue weighted by molar-refractivity contribution is 6.30. The van der Waals surface area contributed by atoms with Crippen LogP contribution >= 0.6 is 11.6 Å². The average Bonchev–Trinajstić information content (AvgIpc) is 3.31. The molecule has 1 N–H and O–H groups in total. The number of benzene rings is 2. The van der Waals surface area contributed by atoms with Crippen LogP contribution in [0.25, 0.3) is 11.3 Å². The number of ether oxygens (including phenoxy) is 3. The lowest BCUT2D eigenvalue weighted by Gasteiger charge is -2.26. The van der Waals surface area contributed by atoms with Crippen LogP contribution in [-0.2, 0) is 4.74 Å². The van der Waals surface area contributed by atoms with Gasteiger partial charge < -0.3 is 19.1 Å². The Morgan fingerprint density at radius 3 is 2.47 bits per heavy atom. The summed E-state index contributed by atoms with van der Waals surface area (Å²) in [6.07, 6.45) is 0. The predicted molar refractivity (Wildman–Crippen MR) is 113 cm³/mol. The zero-order valence-electron chi connectivity index (χ0n) is 16.9. The highest BCUT2D eigenvalue weighted by atomic mass is 35.5. The fraction of sp³-hybridized carbons (Fsp3) is 0.273. The van der Waals surface area contributed by atoms with Crippen molar-refractivity contribution in [1.82, 2.24) is 15.1 Å². The highest BCUT2D eigenvalue weighted by Gasteiger charge is 2.42. The van der Waals surface area contributed by atoms with E-state index in [1.54, 1.807) is 26.2 Å². The largest absolute Gasteiger partial charge is 0.493 e. The van der Waals surface area contributed by atoms with Crippen molar-refractivity contribution in [2.24, 2.45) is 0 Å². The lowest BCUT2D eigenvalue weighted by molar-refractivity contribution is 0.0677. The quantitative estimate of drug-likeness (QED) is 0.618. The van der Waals surface area contributed by atoms with Crippen LogP contribution in [0.5, 0.6) is 11.5 Å². The van der Waals surface area contributed by atoms with Crippen molar-refractivity contribution in [2.75, 3.05) is 34.5 Å². The van der Waals surface area contributed by atoms with Crippen LogP contribution in [-0.4, -0.2) is 55.5 Å². The molecule has 1 aliphatic heterocycles. The molecule has 8 heteroatoms. The summed E-state index contributed by atoms with van der Waals surface area (Å²) in [5.41, 5.74) is 3.80. The van der Waals surface area contributed by atoms with Crippen molar-refractivity contribution in [3.63, 3.8) is 0 Å². The molecular weight excluding hydrogens is 406 g/mol. The first-order valence-electron chi connectivity index (χ1n) is 9.45. The first kappa shape index (κ1) is 20.3. The molecule has 2 heterocycles. The lowest BCUT2D eigenvalue weighted by Crippen LogP contribution is -2.32. The smallest absolute Gasteiger partial charge is 0.273 e. The van der Waals surface area contributed by atoms with Crippen LogP contribution in [0.2, 0.25) is 5.02 Å². The summed E-state index contributed by atoms with van der Waals surface area (Å²) in [7, 11) is 4.80. The normalized spacial score (nSPS) is 15.4. The Bertz CT molecular complexity index is 1060. The van der Waals surface area contributed by atoms with E-state index in [9.17, 15) is 4.79 Å². The van der Waals surface area contributed by atoms with Gasteiger partial charge in [-0.2, -0.15) is 5.10 Å². The Morgan fingerprint density at radius 1 is 1.07 bits per heavy atom. The topological polar surface area (TPSA) is 76.7 Å². The van der Waals surface area contributed by atoms with Gasteiger partial charge >= 0.3 is 0 Å². The number of hydrogen-bond donors (Lipinski definition) is 1. The van der Waals surface area contributed by atoms with E-state index >= 15 is 0 Å². The van der Waals surface area contributed by atoms with Crippen molar-refractivity contribution >= 4 is 17.5 Å². The summed E-state index contributed by atoms with van der Waals surface area (Å²) in [6, 6.07) is 12.7. The molecule has 30 heavy (non-hydrogen) atoms. The first-order valence-corrected chi connectivity index (χ1v) is 9.82. The highest BCUT2D eigenvalue weighted by Crippen LogP contribution is 2.44.